The monoisotopic (exact) mass is 319 g/mol. The molecule has 1 aliphatic rings. The summed E-state index contributed by atoms with van der Waals surface area (Å²) in [6, 6.07) is 8.17. The number of aliphatic hydroxyl groups is 1. The second kappa shape index (κ2) is 7.82. The molecule has 0 heterocycles. The molecule has 0 bridgehead atoms. The van der Waals surface area contributed by atoms with E-state index in [-0.39, 0.29) is 23.7 Å². The third-order valence-corrected chi connectivity index (χ3v) is 5.03. The minimum absolute atomic E-state index is 0.00696. The van der Waals surface area contributed by atoms with Gasteiger partial charge in [-0.25, -0.2) is 0 Å². The SMILES string of the molecule is COc1cccc(C2(CNC(=O)CC(O)C(C)C)CCCC2)c1. The molecule has 1 saturated carbocycles. The van der Waals surface area contributed by atoms with E-state index < -0.39 is 6.10 Å². The number of benzene rings is 1. The molecule has 1 aromatic carbocycles. The van der Waals surface area contributed by atoms with E-state index in [1.165, 1.54) is 18.4 Å². The van der Waals surface area contributed by atoms with E-state index in [2.05, 4.69) is 17.4 Å². The molecule has 0 saturated heterocycles. The van der Waals surface area contributed by atoms with Crippen molar-refractivity contribution >= 4 is 5.91 Å². The molecule has 1 aliphatic carbocycles. The molecule has 1 fully saturated rings. The molecule has 1 amide bonds. The number of ether oxygens (including phenoxy) is 1. The second-order valence-corrected chi connectivity index (χ2v) is 7.01. The number of hydrogen-bond donors (Lipinski definition) is 2. The van der Waals surface area contributed by atoms with E-state index in [0.717, 1.165) is 18.6 Å². The molecule has 1 unspecified atom stereocenters. The van der Waals surface area contributed by atoms with Crippen molar-refractivity contribution in [3.63, 3.8) is 0 Å². The Morgan fingerprint density at radius 1 is 1.35 bits per heavy atom. The smallest absolute Gasteiger partial charge is 0.222 e. The molecule has 128 valence electrons. The number of carbonyl (C=O) groups excluding carboxylic acids is 1. The molecule has 0 spiro atoms. The van der Waals surface area contributed by atoms with Crippen molar-refractivity contribution < 1.29 is 14.6 Å². The van der Waals surface area contributed by atoms with Crippen LogP contribution in [0.2, 0.25) is 0 Å². The zero-order valence-corrected chi connectivity index (χ0v) is 14.5. The van der Waals surface area contributed by atoms with Crippen LogP contribution in [0.25, 0.3) is 0 Å². The fourth-order valence-corrected chi connectivity index (χ4v) is 3.34. The maximum absolute atomic E-state index is 12.1. The number of aliphatic hydroxyl groups excluding tert-OH is 1. The van der Waals surface area contributed by atoms with Gasteiger partial charge in [0.15, 0.2) is 0 Å². The molecule has 2 N–H and O–H groups in total. The van der Waals surface area contributed by atoms with Gasteiger partial charge in [0.1, 0.15) is 5.75 Å². The number of hydrogen-bond acceptors (Lipinski definition) is 3. The van der Waals surface area contributed by atoms with Crippen molar-refractivity contribution in [1.29, 1.82) is 0 Å². The van der Waals surface area contributed by atoms with Gasteiger partial charge in [0, 0.05) is 12.0 Å². The Balaban J connectivity index is 2.05. The molecule has 0 aromatic heterocycles. The molecular formula is C19H29NO3. The summed E-state index contributed by atoms with van der Waals surface area (Å²) in [5.74, 6) is 0.885. The van der Waals surface area contributed by atoms with Crippen LogP contribution in [0.3, 0.4) is 0 Å². The first-order valence-corrected chi connectivity index (χ1v) is 8.56. The van der Waals surface area contributed by atoms with Crippen LogP contribution in [-0.2, 0) is 10.2 Å². The Bertz CT molecular complexity index is 521. The summed E-state index contributed by atoms with van der Waals surface area (Å²) in [5.41, 5.74) is 1.23. The molecule has 2 rings (SSSR count). The Hall–Kier alpha value is -1.55. The van der Waals surface area contributed by atoms with Crippen LogP contribution in [0.4, 0.5) is 0 Å². The highest BCUT2D eigenvalue weighted by Gasteiger charge is 2.36. The topological polar surface area (TPSA) is 58.6 Å². The maximum atomic E-state index is 12.1. The summed E-state index contributed by atoms with van der Waals surface area (Å²) in [4.78, 5) is 12.1. The quantitative estimate of drug-likeness (QED) is 0.812. The fourth-order valence-electron chi connectivity index (χ4n) is 3.34. The minimum atomic E-state index is -0.577. The van der Waals surface area contributed by atoms with Gasteiger partial charge >= 0.3 is 0 Å². The second-order valence-electron chi connectivity index (χ2n) is 7.01. The van der Waals surface area contributed by atoms with Crippen LogP contribution >= 0.6 is 0 Å². The van der Waals surface area contributed by atoms with E-state index in [1.807, 2.05) is 26.0 Å². The van der Waals surface area contributed by atoms with Gasteiger partial charge in [0.2, 0.25) is 5.91 Å². The van der Waals surface area contributed by atoms with E-state index >= 15 is 0 Å². The van der Waals surface area contributed by atoms with Crippen LogP contribution in [0.15, 0.2) is 24.3 Å². The molecule has 4 nitrogen and oxygen atoms in total. The summed E-state index contributed by atoms with van der Waals surface area (Å²) in [6.45, 7) is 4.48. The summed E-state index contributed by atoms with van der Waals surface area (Å²) in [5, 5.41) is 12.9. The number of amides is 1. The standard InChI is InChI=1S/C19H29NO3/c1-14(2)17(21)12-18(22)20-13-19(9-4-5-10-19)15-7-6-8-16(11-15)23-3/h6-8,11,14,17,21H,4-5,9-10,12-13H2,1-3H3,(H,20,22). The predicted octanol–water partition coefficient (Wildman–Crippen LogP) is 3.03. The van der Waals surface area contributed by atoms with Crippen LogP contribution in [0, 0.1) is 5.92 Å². The largest absolute Gasteiger partial charge is 0.497 e. The number of rotatable bonds is 7. The lowest BCUT2D eigenvalue weighted by molar-refractivity contribution is -0.123. The molecule has 1 atom stereocenters. The minimum Gasteiger partial charge on any atom is -0.497 e. The highest BCUT2D eigenvalue weighted by Crippen LogP contribution is 2.41. The summed E-state index contributed by atoms with van der Waals surface area (Å²) in [7, 11) is 1.68. The van der Waals surface area contributed by atoms with Crippen molar-refractivity contribution in [2.75, 3.05) is 13.7 Å². The summed E-state index contributed by atoms with van der Waals surface area (Å²) < 4.78 is 5.34. The normalized spacial score (nSPS) is 18.0. The molecule has 4 heteroatoms. The van der Waals surface area contributed by atoms with Gasteiger partial charge in [0.25, 0.3) is 0 Å². The zero-order chi connectivity index (χ0) is 16.9. The van der Waals surface area contributed by atoms with Crippen LogP contribution in [0.5, 0.6) is 5.75 Å². The van der Waals surface area contributed by atoms with Crippen molar-refractivity contribution in [2.24, 2.45) is 5.92 Å². The van der Waals surface area contributed by atoms with E-state index in [4.69, 9.17) is 4.74 Å². The maximum Gasteiger partial charge on any atom is 0.222 e. The summed E-state index contributed by atoms with van der Waals surface area (Å²) in [6.07, 6.45) is 4.11. The average Bonchev–Trinajstić information content (AvgIpc) is 3.03. The number of methoxy groups -OCH3 is 1. The molecule has 0 radical (unpaired) electrons. The van der Waals surface area contributed by atoms with Gasteiger partial charge in [-0.1, -0.05) is 38.8 Å². The van der Waals surface area contributed by atoms with Gasteiger partial charge in [-0.05, 0) is 36.5 Å². The first-order chi connectivity index (χ1) is 11.0. The van der Waals surface area contributed by atoms with Crippen molar-refractivity contribution in [2.45, 2.75) is 57.5 Å². The fraction of sp³-hybridized carbons (Fsp3) is 0.632. The average molecular weight is 319 g/mol. The third-order valence-electron chi connectivity index (χ3n) is 5.03. The Morgan fingerprint density at radius 2 is 2.04 bits per heavy atom. The Morgan fingerprint density at radius 3 is 2.65 bits per heavy atom. The first kappa shape index (κ1) is 17.8. The number of carbonyl (C=O) groups is 1. The van der Waals surface area contributed by atoms with Crippen molar-refractivity contribution in [3.8, 4) is 5.75 Å². The van der Waals surface area contributed by atoms with Gasteiger partial charge in [-0.2, -0.15) is 0 Å². The first-order valence-electron chi connectivity index (χ1n) is 8.56. The molecule has 1 aromatic rings. The highest BCUT2D eigenvalue weighted by molar-refractivity contribution is 5.76. The van der Waals surface area contributed by atoms with Crippen molar-refractivity contribution in [1.82, 2.24) is 5.32 Å². The zero-order valence-electron chi connectivity index (χ0n) is 14.5. The lowest BCUT2D eigenvalue weighted by Gasteiger charge is -2.30. The highest BCUT2D eigenvalue weighted by atomic mass is 16.5. The van der Waals surface area contributed by atoms with Gasteiger partial charge in [-0.3, -0.25) is 4.79 Å². The lowest BCUT2D eigenvalue weighted by atomic mass is 9.78. The van der Waals surface area contributed by atoms with Gasteiger partial charge in [0.05, 0.1) is 19.6 Å². The third kappa shape index (κ3) is 4.47. The van der Waals surface area contributed by atoms with Gasteiger partial charge in [-0.15, -0.1) is 0 Å². The molecule has 0 aliphatic heterocycles. The van der Waals surface area contributed by atoms with Gasteiger partial charge < -0.3 is 15.2 Å². The van der Waals surface area contributed by atoms with E-state index in [1.54, 1.807) is 7.11 Å². The molecular weight excluding hydrogens is 290 g/mol. The lowest BCUT2D eigenvalue weighted by Crippen LogP contribution is -2.40. The van der Waals surface area contributed by atoms with E-state index in [9.17, 15) is 9.90 Å². The predicted molar refractivity (Wildman–Crippen MR) is 91.6 cm³/mol. The van der Waals surface area contributed by atoms with Crippen LogP contribution < -0.4 is 10.1 Å². The van der Waals surface area contributed by atoms with Crippen molar-refractivity contribution in [3.05, 3.63) is 29.8 Å². The van der Waals surface area contributed by atoms with Crippen LogP contribution in [0.1, 0.15) is 51.5 Å². The van der Waals surface area contributed by atoms with Crippen LogP contribution in [-0.4, -0.2) is 30.8 Å². The number of nitrogens with one attached hydrogen (secondary N) is 1. The van der Waals surface area contributed by atoms with E-state index in [0.29, 0.717) is 6.54 Å². The summed E-state index contributed by atoms with van der Waals surface area (Å²) >= 11 is 0. The Kier molecular flexibility index (Phi) is 6.05. The molecule has 23 heavy (non-hydrogen) atoms. The Labute approximate surface area is 139 Å².